The molecule has 0 aliphatic heterocycles. The standard InChI is InChI=1S/C14H11ClF3N3O4S/c1-25-11(23)13(24,14(16,17)18)8-9(19)21(12(26)20-10(8)22)7-4-2-6(15)3-5-7/h2-5,24H,19H2,1H3,(H,20,22,26). The second-order valence-corrected chi connectivity index (χ2v) is 5.85. The zero-order valence-electron chi connectivity index (χ0n) is 12.9. The lowest BCUT2D eigenvalue weighted by Gasteiger charge is -2.29. The van der Waals surface area contributed by atoms with Gasteiger partial charge in [-0.1, -0.05) is 11.6 Å². The fraction of sp³-hybridized carbons (Fsp3) is 0.214. The molecule has 0 aliphatic rings. The molecule has 0 amide bonds. The second kappa shape index (κ2) is 6.74. The number of nitrogens with zero attached hydrogens (tertiary/aromatic N) is 1. The molecule has 2 rings (SSSR count). The number of esters is 1. The van der Waals surface area contributed by atoms with Crippen molar-refractivity contribution in [2.45, 2.75) is 11.8 Å². The fourth-order valence-corrected chi connectivity index (χ4v) is 2.68. The minimum Gasteiger partial charge on any atom is -0.466 e. The predicted octanol–water partition coefficient (Wildman–Crippen LogP) is 2.05. The molecule has 12 heteroatoms. The van der Waals surface area contributed by atoms with Crippen molar-refractivity contribution >= 4 is 35.6 Å². The Morgan fingerprint density at radius 1 is 1.35 bits per heavy atom. The van der Waals surface area contributed by atoms with Gasteiger partial charge in [-0.25, -0.2) is 4.79 Å². The van der Waals surface area contributed by atoms with Crippen LogP contribution in [0.25, 0.3) is 5.69 Å². The van der Waals surface area contributed by atoms with Crippen molar-refractivity contribution in [3.8, 4) is 5.69 Å². The van der Waals surface area contributed by atoms with E-state index in [-0.39, 0.29) is 10.5 Å². The van der Waals surface area contributed by atoms with Gasteiger partial charge in [0.25, 0.3) is 11.2 Å². The maximum Gasteiger partial charge on any atom is 0.432 e. The summed E-state index contributed by atoms with van der Waals surface area (Å²) in [6.45, 7) is 0. The predicted molar refractivity (Wildman–Crippen MR) is 88.6 cm³/mol. The van der Waals surface area contributed by atoms with Crippen molar-refractivity contribution in [2.75, 3.05) is 12.8 Å². The summed E-state index contributed by atoms with van der Waals surface area (Å²) in [7, 11) is 0.623. The maximum atomic E-state index is 13.5. The number of anilines is 1. The van der Waals surface area contributed by atoms with Crippen molar-refractivity contribution in [1.29, 1.82) is 0 Å². The molecular weight excluding hydrogens is 399 g/mol. The Kier molecular flexibility index (Phi) is 5.17. The molecule has 7 nitrogen and oxygen atoms in total. The molecule has 0 aliphatic carbocycles. The van der Waals surface area contributed by atoms with Crippen LogP contribution in [0, 0.1) is 4.77 Å². The Hall–Kier alpha value is -2.37. The number of halogens is 4. The van der Waals surface area contributed by atoms with Gasteiger partial charge < -0.3 is 15.6 Å². The Labute approximate surface area is 153 Å². The SMILES string of the molecule is COC(=O)C(O)(c1c(N)n(-c2ccc(Cl)cc2)c(=S)[nH]c1=O)C(F)(F)F. The van der Waals surface area contributed by atoms with Gasteiger partial charge in [-0.15, -0.1) is 0 Å². The van der Waals surface area contributed by atoms with E-state index in [1.807, 2.05) is 4.98 Å². The molecule has 4 N–H and O–H groups in total. The summed E-state index contributed by atoms with van der Waals surface area (Å²) in [6, 6.07) is 5.53. The summed E-state index contributed by atoms with van der Waals surface area (Å²) in [5.74, 6) is -3.01. The first-order valence-corrected chi connectivity index (χ1v) is 7.52. The Balaban J connectivity index is 2.92. The Morgan fingerprint density at radius 3 is 2.35 bits per heavy atom. The topological polar surface area (TPSA) is 110 Å². The number of hydrogen-bond acceptors (Lipinski definition) is 6. The Bertz CT molecular complexity index is 971. The average Bonchev–Trinajstić information content (AvgIpc) is 2.54. The number of hydrogen-bond donors (Lipinski definition) is 3. The molecule has 0 radical (unpaired) electrons. The van der Waals surface area contributed by atoms with E-state index in [0.717, 1.165) is 4.57 Å². The van der Waals surface area contributed by atoms with Crippen LogP contribution in [-0.4, -0.2) is 33.9 Å². The van der Waals surface area contributed by atoms with Crippen molar-refractivity contribution in [2.24, 2.45) is 0 Å². The first-order valence-electron chi connectivity index (χ1n) is 6.74. The van der Waals surface area contributed by atoms with E-state index in [9.17, 15) is 27.9 Å². The van der Waals surface area contributed by atoms with Crippen LogP contribution in [0.1, 0.15) is 5.56 Å². The number of aromatic nitrogens is 2. The van der Waals surface area contributed by atoms with Crippen LogP contribution in [0.2, 0.25) is 5.02 Å². The van der Waals surface area contributed by atoms with Gasteiger partial charge in [0.15, 0.2) is 4.77 Å². The molecule has 1 aromatic heterocycles. The zero-order chi connectivity index (χ0) is 19.9. The number of rotatable bonds is 3. The number of nitrogens with two attached hydrogens (primary N) is 1. The van der Waals surface area contributed by atoms with Gasteiger partial charge in [0.05, 0.1) is 7.11 Å². The molecular formula is C14H11ClF3N3O4S. The summed E-state index contributed by atoms with van der Waals surface area (Å²) in [5, 5.41) is 10.4. The molecule has 0 saturated carbocycles. The summed E-state index contributed by atoms with van der Waals surface area (Å²) in [5.41, 5.74) is -1.39. The van der Waals surface area contributed by atoms with Crippen LogP contribution in [0.3, 0.4) is 0 Å². The molecule has 0 spiro atoms. The lowest BCUT2D eigenvalue weighted by molar-refractivity contribution is -0.267. The highest BCUT2D eigenvalue weighted by Gasteiger charge is 2.64. The molecule has 140 valence electrons. The van der Waals surface area contributed by atoms with Crippen LogP contribution in [0.5, 0.6) is 0 Å². The molecule has 26 heavy (non-hydrogen) atoms. The minimum absolute atomic E-state index is 0.142. The highest BCUT2D eigenvalue weighted by molar-refractivity contribution is 7.71. The van der Waals surface area contributed by atoms with E-state index in [1.54, 1.807) is 0 Å². The second-order valence-electron chi connectivity index (χ2n) is 5.03. The van der Waals surface area contributed by atoms with Crippen molar-refractivity contribution in [3.63, 3.8) is 0 Å². The molecule has 0 saturated heterocycles. The normalized spacial score (nSPS) is 13.9. The fourth-order valence-electron chi connectivity index (χ4n) is 2.26. The first-order chi connectivity index (χ1) is 11.9. The monoisotopic (exact) mass is 409 g/mol. The van der Waals surface area contributed by atoms with E-state index in [4.69, 9.17) is 29.6 Å². The highest BCUT2D eigenvalue weighted by atomic mass is 35.5. The first kappa shape index (κ1) is 19.9. The molecule has 1 atom stereocenters. The number of carbonyl (C=O) groups is 1. The summed E-state index contributed by atoms with van der Waals surface area (Å²) >= 11 is 10.7. The number of aromatic amines is 1. The Morgan fingerprint density at radius 2 is 1.88 bits per heavy atom. The number of alkyl halides is 3. The smallest absolute Gasteiger partial charge is 0.432 e. The third kappa shape index (κ3) is 3.08. The van der Waals surface area contributed by atoms with E-state index < -0.39 is 34.7 Å². The van der Waals surface area contributed by atoms with Crippen LogP contribution >= 0.6 is 23.8 Å². The number of benzene rings is 1. The molecule has 1 heterocycles. The minimum atomic E-state index is -5.60. The van der Waals surface area contributed by atoms with Gasteiger partial charge in [0.2, 0.25) is 0 Å². The molecule has 0 fully saturated rings. The van der Waals surface area contributed by atoms with Gasteiger partial charge in [-0.2, -0.15) is 13.2 Å². The van der Waals surface area contributed by atoms with E-state index in [2.05, 4.69) is 4.74 Å². The third-order valence-corrected chi connectivity index (χ3v) is 4.02. The summed E-state index contributed by atoms with van der Waals surface area (Å²) < 4.78 is 44.9. The van der Waals surface area contributed by atoms with Crippen molar-refractivity contribution in [1.82, 2.24) is 9.55 Å². The van der Waals surface area contributed by atoms with Crippen LogP contribution in [0.15, 0.2) is 29.1 Å². The summed E-state index contributed by atoms with van der Waals surface area (Å²) in [6.07, 6.45) is -5.60. The molecule has 1 aromatic carbocycles. The number of ether oxygens (including phenoxy) is 1. The molecule has 0 bridgehead atoms. The average molecular weight is 410 g/mol. The number of nitrogen functional groups attached to an aromatic ring is 1. The van der Waals surface area contributed by atoms with Crippen molar-refractivity contribution < 1.29 is 27.8 Å². The molecule has 1 unspecified atom stereocenters. The maximum absolute atomic E-state index is 13.5. The van der Waals surface area contributed by atoms with Gasteiger partial charge in [-0.3, -0.25) is 14.3 Å². The van der Waals surface area contributed by atoms with Gasteiger partial charge in [0, 0.05) is 10.7 Å². The van der Waals surface area contributed by atoms with E-state index in [1.165, 1.54) is 24.3 Å². The van der Waals surface area contributed by atoms with E-state index in [0.29, 0.717) is 12.1 Å². The zero-order valence-corrected chi connectivity index (χ0v) is 14.5. The highest BCUT2D eigenvalue weighted by Crippen LogP contribution is 2.41. The van der Waals surface area contributed by atoms with Crippen molar-refractivity contribution in [3.05, 3.63) is 50.0 Å². The lowest BCUT2D eigenvalue weighted by Crippen LogP contribution is -2.53. The summed E-state index contributed by atoms with van der Waals surface area (Å²) in [4.78, 5) is 25.8. The lowest BCUT2D eigenvalue weighted by atomic mass is 9.94. The largest absolute Gasteiger partial charge is 0.466 e. The van der Waals surface area contributed by atoms with Crippen LogP contribution in [0.4, 0.5) is 19.0 Å². The van der Waals surface area contributed by atoms with Gasteiger partial charge in [-0.05, 0) is 36.5 Å². The van der Waals surface area contributed by atoms with Gasteiger partial charge in [0.1, 0.15) is 11.4 Å². The number of H-pyrrole nitrogens is 1. The number of methoxy groups -OCH3 is 1. The third-order valence-electron chi connectivity index (χ3n) is 3.49. The number of carbonyl (C=O) groups excluding carboxylic acids is 1. The number of nitrogens with one attached hydrogen (secondary N) is 1. The van der Waals surface area contributed by atoms with E-state index >= 15 is 0 Å². The van der Waals surface area contributed by atoms with Gasteiger partial charge >= 0.3 is 12.1 Å². The van der Waals surface area contributed by atoms with Crippen LogP contribution in [-0.2, 0) is 15.1 Å². The quantitative estimate of drug-likeness (QED) is 0.528. The number of aliphatic hydroxyl groups is 1. The van der Waals surface area contributed by atoms with Crippen LogP contribution < -0.4 is 11.3 Å². The molecule has 2 aromatic rings.